The van der Waals surface area contributed by atoms with Crippen molar-refractivity contribution in [3.8, 4) is 5.75 Å². The van der Waals surface area contributed by atoms with Crippen molar-refractivity contribution in [1.82, 2.24) is 0 Å². The Bertz CT molecular complexity index is 1090. The van der Waals surface area contributed by atoms with E-state index in [1.807, 2.05) is 0 Å². The van der Waals surface area contributed by atoms with E-state index in [0.29, 0.717) is 30.6 Å². The molecule has 180 valence electrons. The number of hydrogen-bond donors (Lipinski definition) is 0. The van der Waals surface area contributed by atoms with Crippen LogP contribution in [0, 0.1) is 38.7 Å². The van der Waals surface area contributed by atoms with E-state index in [1.54, 1.807) is 6.08 Å². The van der Waals surface area contributed by atoms with Crippen LogP contribution in [-0.4, -0.2) is 23.0 Å². The van der Waals surface area contributed by atoms with E-state index in [9.17, 15) is 19.7 Å². The lowest BCUT2D eigenvalue weighted by molar-refractivity contribution is -0.384. The van der Waals surface area contributed by atoms with E-state index in [2.05, 4.69) is 20.4 Å². The number of fused-ring (bicyclic) bond motifs is 5. The molecule has 0 saturated heterocycles. The molecule has 5 rings (SSSR count). The fourth-order valence-electron chi connectivity index (χ4n) is 7.47. The van der Waals surface area contributed by atoms with Crippen LogP contribution >= 0.6 is 0 Å². The van der Waals surface area contributed by atoms with Gasteiger partial charge in [0.05, 0.1) is 4.92 Å². The van der Waals surface area contributed by atoms with Crippen LogP contribution in [0.15, 0.2) is 48.1 Å². The average Bonchev–Trinajstić information content (AvgIpc) is 3.10. The van der Waals surface area contributed by atoms with E-state index < -0.39 is 17.2 Å². The molecule has 3 unspecified atom stereocenters. The molecule has 0 aliphatic heterocycles. The van der Waals surface area contributed by atoms with Gasteiger partial charge in [0.1, 0.15) is 11.9 Å². The van der Waals surface area contributed by atoms with Crippen molar-refractivity contribution < 1.29 is 24.0 Å². The van der Waals surface area contributed by atoms with Gasteiger partial charge in [-0.15, -0.1) is 0 Å². The summed E-state index contributed by atoms with van der Waals surface area (Å²) < 4.78 is 11.2. The lowest BCUT2D eigenvalue weighted by Gasteiger charge is -2.58. The number of benzene rings is 1. The van der Waals surface area contributed by atoms with Gasteiger partial charge >= 0.3 is 6.16 Å². The Balaban J connectivity index is 1.40. The number of non-ortho nitro benzene ring substituents is 1. The van der Waals surface area contributed by atoms with Crippen LogP contribution in [0.2, 0.25) is 0 Å². The molecule has 0 aromatic heterocycles. The van der Waals surface area contributed by atoms with Crippen LogP contribution in [0.5, 0.6) is 5.75 Å². The number of ketones is 1. The third-order valence-corrected chi connectivity index (χ3v) is 9.40. The molecule has 6 atom stereocenters. The smallest absolute Gasteiger partial charge is 0.426 e. The molecule has 3 fully saturated rings. The molecule has 7 nitrogen and oxygen atoms in total. The van der Waals surface area contributed by atoms with Gasteiger partial charge in [-0.3, -0.25) is 14.9 Å². The van der Waals surface area contributed by atoms with E-state index in [0.717, 1.165) is 37.7 Å². The average molecular weight is 466 g/mol. The summed E-state index contributed by atoms with van der Waals surface area (Å²) in [5.74, 6) is 1.62. The summed E-state index contributed by atoms with van der Waals surface area (Å²) in [7, 11) is 0. The SMILES string of the molecule is C=C1CCC2C3C[C@@H](OC(=O)Oc4ccc([N+](=O)[O-])cc4)C4=CC(=O)CC[C@]4(C)C3CC[C@]12C. The first kappa shape index (κ1) is 22.8. The first-order valence-corrected chi connectivity index (χ1v) is 12.2. The van der Waals surface area contributed by atoms with Crippen molar-refractivity contribution in [2.75, 3.05) is 0 Å². The summed E-state index contributed by atoms with van der Waals surface area (Å²) in [5, 5.41) is 10.9. The predicted octanol–water partition coefficient (Wildman–Crippen LogP) is 6.18. The fraction of sp³-hybridized carbons (Fsp3) is 0.556. The van der Waals surface area contributed by atoms with Crippen LogP contribution < -0.4 is 4.74 Å². The van der Waals surface area contributed by atoms with Gasteiger partial charge in [0.25, 0.3) is 5.69 Å². The summed E-state index contributed by atoms with van der Waals surface area (Å²) in [6, 6.07) is 5.31. The molecule has 0 radical (unpaired) electrons. The Morgan fingerprint density at radius 1 is 1.09 bits per heavy atom. The van der Waals surface area contributed by atoms with E-state index in [1.165, 1.54) is 29.8 Å². The lowest BCUT2D eigenvalue weighted by Crippen LogP contribution is -2.54. The number of nitro groups is 1. The van der Waals surface area contributed by atoms with Gasteiger partial charge in [0.15, 0.2) is 5.78 Å². The highest BCUT2D eigenvalue weighted by Gasteiger charge is 2.59. The number of carbonyl (C=O) groups is 2. The quantitative estimate of drug-likeness (QED) is 0.174. The lowest BCUT2D eigenvalue weighted by atomic mass is 9.47. The minimum atomic E-state index is -0.854. The van der Waals surface area contributed by atoms with Crippen LogP contribution in [0.3, 0.4) is 0 Å². The number of nitro benzene ring substituents is 1. The predicted molar refractivity (Wildman–Crippen MR) is 125 cm³/mol. The molecule has 0 amide bonds. The maximum Gasteiger partial charge on any atom is 0.514 e. The second-order valence-corrected chi connectivity index (χ2v) is 10.9. The summed E-state index contributed by atoms with van der Waals surface area (Å²) in [5.41, 5.74) is 2.13. The number of nitrogens with zero attached hydrogens (tertiary/aromatic N) is 1. The van der Waals surface area contributed by atoms with Crippen LogP contribution in [0.4, 0.5) is 10.5 Å². The van der Waals surface area contributed by atoms with Gasteiger partial charge < -0.3 is 9.47 Å². The van der Waals surface area contributed by atoms with Crippen molar-refractivity contribution in [3.63, 3.8) is 0 Å². The van der Waals surface area contributed by atoms with Crippen LogP contribution in [-0.2, 0) is 9.53 Å². The summed E-state index contributed by atoms with van der Waals surface area (Å²) >= 11 is 0. The largest absolute Gasteiger partial charge is 0.514 e. The summed E-state index contributed by atoms with van der Waals surface area (Å²) in [4.78, 5) is 35.5. The first-order valence-electron chi connectivity index (χ1n) is 12.2. The van der Waals surface area contributed by atoms with Gasteiger partial charge in [-0.05, 0) is 90.9 Å². The standard InChI is InChI=1S/C27H31NO6/c1-16-4-9-21-20-15-24(34-25(30)33-19-7-5-17(6-8-19)28(31)32)23-14-18(29)10-12-27(23,3)22(20)11-13-26(16,21)2/h5-8,14,20-22,24H,1,4,9-13,15H2,2-3H3/t20?,21?,22?,24-,26-,27-/m1/s1. The van der Waals surface area contributed by atoms with Crippen molar-refractivity contribution in [2.24, 2.45) is 28.6 Å². The monoisotopic (exact) mass is 465 g/mol. The van der Waals surface area contributed by atoms with Gasteiger partial charge in [-0.2, -0.15) is 0 Å². The number of ether oxygens (including phenoxy) is 2. The Labute approximate surface area is 199 Å². The Morgan fingerprint density at radius 3 is 2.50 bits per heavy atom. The number of allylic oxidation sites excluding steroid dienone is 1. The maximum absolute atomic E-state index is 12.8. The zero-order chi connectivity index (χ0) is 24.3. The highest BCUT2D eigenvalue weighted by molar-refractivity contribution is 5.92. The minimum absolute atomic E-state index is 0.0816. The molecular weight excluding hydrogens is 434 g/mol. The Kier molecular flexibility index (Phi) is 5.41. The molecule has 1 aromatic carbocycles. The molecule has 1 aromatic rings. The molecule has 0 N–H and O–H groups in total. The molecule has 7 heteroatoms. The molecule has 0 heterocycles. The van der Waals surface area contributed by atoms with Crippen LogP contribution in [0.25, 0.3) is 0 Å². The maximum atomic E-state index is 12.8. The molecule has 0 bridgehead atoms. The topological polar surface area (TPSA) is 95.7 Å². The molecular formula is C27H31NO6. The van der Waals surface area contributed by atoms with E-state index >= 15 is 0 Å². The molecule has 4 aliphatic rings. The van der Waals surface area contributed by atoms with Gasteiger partial charge in [0.2, 0.25) is 0 Å². The second kappa shape index (κ2) is 8.07. The first-order chi connectivity index (χ1) is 16.1. The zero-order valence-corrected chi connectivity index (χ0v) is 19.7. The highest BCUT2D eigenvalue weighted by atomic mass is 16.7. The molecule has 34 heavy (non-hydrogen) atoms. The normalized spacial score (nSPS) is 36.6. The molecule has 0 spiro atoms. The van der Waals surface area contributed by atoms with Gasteiger partial charge in [-0.1, -0.05) is 26.0 Å². The Morgan fingerprint density at radius 2 is 1.79 bits per heavy atom. The number of rotatable bonds is 3. The molecule has 3 saturated carbocycles. The molecule has 4 aliphatic carbocycles. The van der Waals surface area contributed by atoms with Crippen molar-refractivity contribution in [2.45, 2.75) is 64.9 Å². The second-order valence-electron chi connectivity index (χ2n) is 10.9. The summed E-state index contributed by atoms with van der Waals surface area (Å²) in [6.07, 6.45) is 6.72. The zero-order valence-electron chi connectivity index (χ0n) is 19.7. The Hall–Kier alpha value is -2.96. The highest BCUT2D eigenvalue weighted by Crippen LogP contribution is 2.66. The van der Waals surface area contributed by atoms with Crippen molar-refractivity contribution in [1.29, 1.82) is 0 Å². The van der Waals surface area contributed by atoms with Crippen LogP contribution in [0.1, 0.15) is 58.8 Å². The van der Waals surface area contributed by atoms with Crippen molar-refractivity contribution in [3.05, 3.63) is 58.2 Å². The minimum Gasteiger partial charge on any atom is -0.426 e. The van der Waals surface area contributed by atoms with E-state index in [4.69, 9.17) is 9.47 Å². The van der Waals surface area contributed by atoms with E-state index in [-0.39, 0.29) is 28.1 Å². The van der Waals surface area contributed by atoms with Crippen molar-refractivity contribution >= 4 is 17.6 Å². The summed E-state index contributed by atoms with van der Waals surface area (Å²) in [6.45, 7) is 8.97. The third-order valence-electron chi connectivity index (χ3n) is 9.40. The fourth-order valence-corrected chi connectivity index (χ4v) is 7.47. The van der Waals surface area contributed by atoms with Gasteiger partial charge in [0, 0.05) is 18.6 Å². The number of carbonyl (C=O) groups excluding carboxylic acids is 2. The number of hydrogen-bond acceptors (Lipinski definition) is 6. The van der Waals surface area contributed by atoms with Gasteiger partial charge in [-0.25, -0.2) is 4.79 Å². The third kappa shape index (κ3) is 3.56.